The maximum absolute atomic E-state index is 12.4. The highest BCUT2D eigenvalue weighted by atomic mass is 32.2. The van der Waals surface area contributed by atoms with E-state index >= 15 is 0 Å². The number of carbonyl (C=O) groups excluding carboxylic acids is 2. The molecule has 146 valence electrons. The number of benzene rings is 1. The van der Waals surface area contributed by atoms with E-state index in [2.05, 4.69) is 16.6 Å². The van der Waals surface area contributed by atoms with Gasteiger partial charge in [0, 0.05) is 10.3 Å². The first-order valence-corrected chi connectivity index (χ1v) is 10.9. The summed E-state index contributed by atoms with van der Waals surface area (Å²) >= 11 is 2.95. The third-order valence-corrected chi connectivity index (χ3v) is 5.84. The van der Waals surface area contributed by atoms with E-state index in [1.807, 2.05) is 36.0 Å². The Balaban J connectivity index is 1.85. The molecule has 0 aliphatic carbocycles. The van der Waals surface area contributed by atoms with Crippen LogP contribution in [0.15, 0.2) is 34.5 Å². The number of hydrogen-bond donors (Lipinski definition) is 0. The molecule has 0 saturated carbocycles. The molecule has 1 heterocycles. The summed E-state index contributed by atoms with van der Waals surface area (Å²) in [6, 6.07) is 7.77. The van der Waals surface area contributed by atoms with Crippen molar-refractivity contribution >= 4 is 34.9 Å². The number of ether oxygens (including phenoxy) is 2. The molecule has 0 radical (unpaired) electrons. The van der Waals surface area contributed by atoms with Crippen molar-refractivity contribution in [3.8, 4) is 5.75 Å². The van der Waals surface area contributed by atoms with E-state index in [0.717, 1.165) is 17.1 Å². The third-order valence-electron chi connectivity index (χ3n) is 3.88. The highest BCUT2D eigenvalue weighted by Gasteiger charge is 2.22. The predicted octanol–water partition coefficient (Wildman–Crippen LogP) is 5.25. The number of aromatic nitrogens is 1. The molecule has 1 atom stereocenters. The van der Waals surface area contributed by atoms with E-state index in [1.165, 1.54) is 43.1 Å². The highest BCUT2D eigenvalue weighted by molar-refractivity contribution is 7.99. The van der Waals surface area contributed by atoms with Gasteiger partial charge in [0.15, 0.2) is 16.8 Å². The Morgan fingerprint density at radius 1 is 1.19 bits per heavy atom. The van der Waals surface area contributed by atoms with Gasteiger partial charge in [0.25, 0.3) is 0 Å². The molecule has 0 fully saturated rings. The molecular weight excluding hydrogens is 382 g/mol. The van der Waals surface area contributed by atoms with Crippen LogP contribution in [-0.4, -0.2) is 35.7 Å². The number of ketones is 1. The quantitative estimate of drug-likeness (QED) is 0.219. The number of rotatable bonds is 11. The predicted molar refractivity (Wildman–Crippen MR) is 109 cm³/mol. The van der Waals surface area contributed by atoms with E-state index < -0.39 is 12.1 Å². The number of methoxy groups -OCH3 is 1. The van der Waals surface area contributed by atoms with Crippen molar-refractivity contribution in [1.29, 1.82) is 0 Å². The van der Waals surface area contributed by atoms with Crippen LogP contribution in [0.25, 0.3) is 0 Å². The molecule has 0 spiro atoms. The van der Waals surface area contributed by atoms with Crippen LogP contribution in [0.4, 0.5) is 0 Å². The van der Waals surface area contributed by atoms with Crippen LogP contribution >= 0.6 is 23.1 Å². The minimum absolute atomic E-state index is 0.137. The Labute approximate surface area is 168 Å². The molecule has 0 aliphatic rings. The van der Waals surface area contributed by atoms with Crippen molar-refractivity contribution in [1.82, 2.24) is 4.98 Å². The molecule has 0 aliphatic heterocycles. The van der Waals surface area contributed by atoms with Crippen LogP contribution in [-0.2, 0) is 4.74 Å². The molecule has 2 rings (SSSR count). The molecule has 1 aromatic carbocycles. The average Bonchev–Trinajstić information content (AvgIpc) is 3.18. The lowest BCUT2D eigenvalue weighted by atomic mass is 10.2. The van der Waals surface area contributed by atoms with Gasteiger partial charge in [-0.1, -0.05) is 26.2 Å². The smallest absolute Gasteiger partial charge is 0.357 e. The molecule has 0 amide bonds. The Morgan fingerprint density at radius 3 is 2.59 bits per heavy atom. The second-order valence-electron chi connectivity index (χ2n) is 6.03. The van der Waals surface area contributed by atoms with Gasteiger partial charge in [0.2, 0.25) is 5.78 Å². The lowest BCUT2D eigenvalue weighted by Crippen LogP contribution is -2.24. The Morgan fingerprint density at radius 2 is 1.93 bits per heavy atom. The summed E-state index contributed by atoms with van der Waals surface area (Å²) in [4.78, 5) is 29.1. The van der Waals surface area contributed by atoms with Gasteiger partial charge in [-0.2, -0.15) is 0 Å². The van der Waals surface area contributed by atoms with E-state index in [1.54, 1.807) is 6.92 Å². The van der Waals surface area contributed by atoms with Gasteiger partial charge in [-0.3, -0.25) is 4.79 Å². The zero-order valence-electron chi connectivity index (χ0n) is 15.9. The molecule has 0 saturated heterocycles. The largest absolute Gasteiger partial charge is 0.482 e. The minimum Gasteiger partial charge on any atom is -0.482 e. The molecule has 7 heteroatoms. The van der Waals surface area contributed by atoms with Crippen molar-refractivity contribution in [3.05, 3.63) is 40.3 Å². The van der Waals surface area contributed by atoms with Crippen LogP contribution in [0.5, 0.6) is 5.75 Å². The fourth-order valence-corrected chi connectivity index (χ4v) is 4.07. The number of esters is 1. The Kier molecular flexibility index (Phi) is 8.81. The highest BCUT2D eigenvalue weighted by Crippen LogP contribution is 2.24. The zero-order valence-corrected chi connectivity index (χ0v) is 17.5. The fourth-order valence-electron chi connectivity index (χ4n) is 2.35. The summed E-state index contributed by atoms with van der Waals surface area (Å²) in [5, 5.41) is 1.75. The zero-order chi connectivity index (χ0) is 19.6. The monoisotopic (exact) mass is 407 g/mol. The topological polar surface area (TPSA) is 65.5 Å². The van der Waals surface area contributed by atoms with Crippen LogP contribution in [0.2, 0.25) is 0 Å². The maximum Gasteiger partial charge on any atom is 0.357 e. The van der Waals surface area contributed by atoms with Crippen LogP contribution in [0, 0.1) is 0 Å². The maximum atomic E-state index is 12.4. The molecule has 0 N–H and O–H groups in total. The van der Waals surface area contributed by atoms with Gasteiger partial charge in [-0.15, -0.1) is 23.1 Å². The SMILES string of the molecule is CCCCCCSc1ccc(OC(C)C(=O)c2nc(C(=O)OC)cs2)cc1. The summed E-state index contributed by atoms with van der Waals surface area (Å²) < 4.78 is 10.3. The number of Topliss-reactive ketones (excluding diaryl/α,β-unsaturated/α-hetero) is 1. The van der Waals surface area contributed by atoms with Crippen LogP contribution in [0.1, 0.15) is 59.8 Å². The van der Waals surface area contributed by atoms with Crippen molar-refractivity contribution < 1.29 is 19.1 Å². The molecule has 1 unspecified atom stereocenters. The summed E-state index contributed by atoms with van der Waals surface area (Å²) in [6.07, 6.45) is 4.36. The van der Waals surface area contributed by atoms with Crippen LogP contribution < -0.4 is 4.74 Å². The summed E-state index contributed by atoms with van der Waals surface area (Å²) in [5.74, 6) is 0.934. The standard InChI is InChI=1S/C20H25NO4S2/c1-4-5-6-7-12-26-16-10-8-15(9-11-16)25-14(2)18(22)19-21-17(13-27-19)20(23)24-3/h8-11,13-14H,4-7,12H2,1-3H3. The number of carbonyl (C=O) groups is 2. The number of thiazole rings is 1. The molecule has 27 heavy (non-hydrogen) atoms. The number of unbranched alkanes of at least 4 members (excludes halogenated alkanes) is 3. The van der Waals surface area contributed by atoms with Gasteiger partial charge < -0.3 is 9.47 Å². The number of nitrogens with zero attached hydrogens (tertiary/aromatic N) is 1. The summed E-state index contributed by atoms with van der Waals surface area (Å²) in [5.41, 5.74) is 0.137. The second kappa shape index (κ2) is 11.1. The van der Waals surface area contributed by atoms with E-state index in [9.17, 15) is 9.59 Å². The molecular formula is C20H25NO4S2. The Bertz CT molecular complexity index is 743. The molecule has 5 nitrogen and oxygen atoms in total. The Hall–Kier alpha value is -1.86. The van der Waals surface area contributed by atoms with Gasteiger partial charge in [-0.25, -0.2) is 9.78 Å². The first-order chi connectivity index (χ1) is 13.0. The van der Waals surface area contributed by atoms with Crippen molar-refractivity contribution in [2.45, 2.75) is 50.5 Å². The lowest BCUT2D eigenvalue weighted by Gasteiger charge is -2.12. The molecule has 1 aromatic heterocycles. The van der Waals surface area contributed by atoms with E-state index in [0.29, 0.717) is 5.75 Å². The molecule has 0 bridgehead atoms. The van der Waals surface area contributed by atoms with Crippen molar-refractivity contribution in [3.63, 3.8) is 0 Å². The van der Waals surface area contributed by atoms with Crippen molar-refractivity contribution in [2.75, 3.05) is 12.9 Å². The number of thioether (sulfide) groups is 1. The third kappa shape index (κ3) is 6.66. The van der Waals surface area contributed by atoms with Crippen LogP contribution in [0.3, 0.4) is 0 Å². The first kappa shape index (κ1) is 21.4. The normalized spacial score (nSPS) is 11.8. The van der Waals surface area contributed by atoms with Gasteiger partial charge in [0.1, 0.15) is 5.75 Å². The molecule has 2 aromatic rings. The fraction of sp³-hybridized carbons (Fsp3) is 0.450. The van der Waals surface area contributed by atoms with Gasteiger partial charge in [0.05, 0.1) is 7.11 Å². The van der Waals surface area contributed by atoms with Crippen molar-refractivity contribution in [2.24, 2.45) is 0 Å². The van der Waals surface area contributed by atoms with Gasteiger partial charge in [-0.05, 0) is 43.4 Å². The van der Waals surface area contributed by atoms with E-state index in [4.69, 9.17) is 4.74 Å². The minimum atomic E-state index is -0.686. The summed E-state index contributed by atoms with van der Waals surface area (Å²) in [6.45, 7) is 3.89. The second-order valence-corrected chi connectivity index (χ2v) is 8.06. The number of hydrogen-bond acceptors (Lipinski definition) is 7. The summed E-state index contributed by atoms with van der Waals surface area (Å²) in [7, 11) is 1.28. The van der Waals surface area contributed by atoms with Gasteiger partial charge >= 0.3 is 5.97 Å². The first-order valence-electron chi connectivity index (χ1n) is 9.02. The lowest BCUT2D eigenvalue weighted by molar-refractivity contribution is 0.0594. The van der Waals surface area contributed by atoms with E-state index in [-0.39, 0.29) is 16.5 Å². The average molecular weight is 408 g/mol.